The molecule has 0 radical (unpaired) electrons. The molecule has 6 heteroatoms. The van der Waals surface area contributed by atoms with E-state index in [0.717, 1.165) is 15.7 Å². The van der Waals surface area contributed by atoms with Crippen LogP contribution in [0.1, 0.15) is 48.3 Å². The van der Waals surface area contributed by atoms with E-state index in [4.69, 9.17) is 4.42 Å². The maximum atomic E-state index is 14.4. The SMILES string of the molecule is O=C(c1ccccc1)[C@@H]1[C@@H](c2ccco2)C2(C(=O)c3ccccc3C2=O)[C@@H]2C=Cc3cc(Br)ccc3N12. The highest BCUT2D eigenvalue weighted by atomic mass is 79.9. The van der Waals surface area contributed by atoms with Gasteiger partial charge in [0.05, 0.1) is 18.2 Å². The van der Waals surface area contributed by atoms with Crippen molar-refractivity contribution in [3.8, 4) is 0 Å². The van der Waals surface area contributed by atoms with Crippen molar-refractivity contribution >= 4 is 45.0 Å². The van der Waals surface area contributed by atoms with E-state index in [2.05, 4.69) is 15.9 Å². The van der Waals surface area contributed by atoms with Gasteiger partial charge in [-0.2, -0.15) is 0 Å². The Bertz CT molecular complexity index is 1590. The average molecular weight is 550 g/mol. The van der Waals surface area contributed by atoms with Crippen molar-refractivity contribution in [1.29, 1.82) is 0 Å². The van der Waals surface area contributed by atoms with E-state index in [1.807, 2.05) is 53.5 Å². The number of hydrogen-bond donors (Lipinski definition) is 0. The molecule has 3 aliphatic rings. The van der Waals surface area contributed by atoms with Crippen LogP contribution in [0, 0.1) is 5.41 Å². The Morgan fingerprint density at radius 1 is 0.865 bits per heavy atom. The molecule has 0 N–H and O–H groups in total. The van der Waals surface area contributed by atoms with Gasteiger partial charge < -0.3 is 9.32 Å². The first-order chi connectivity index (χ1) is 18.0. The summed E-state index contributed by atoms with van der Waals surface area (Å²) in [5.74, 6) is -1.07. The van der Waals surface area contributed by atoms with Crippen LogP contribution >= 0.6 is 15.9 Å². The maximum Gasteiger partial charge on any atom is 0.186 e. The van der Waals surface area contributed by atoms with Gasteiger partial charge in [-0.1, -0.05) is 82.7 Å². The molecule has 0 unspecified atom stereocenters. The van der Waals surface area contributed by atoms with Crippen LogP contribution in [0.3, 0.4) is 0 Å². The molecule has 1 saturated heterocycles. The molecule has 2 aliphatic heterocycles. The minimum Gasteiger partial charge on any atom is -0.469 e. The molecular weight excluding hydrogens is 530 g/mol. The van der Waals surface area contributed by atoms with E-state index < -0.39 is 23.4 Å². The fraction of sp³-hybridized carbons (Fsp3) is 0.129. The van der Waals surface area contributed by atoms with Crippen molar-refractivity contribution < 1.29 is 18.8 Å². The Morgan fingerprint density at radius 2 is 1.57 bits per heavy atom. The molecule has 1 spiro atoms. The zero-order chi connectivity index (χ0) is 25.3. The number of ketones is 3. The molecule has 3 atom stereocenters. The summed E-state index contributed by atoms with van der Waals surface area (Å²) in [7, 11) is 0. The number of hydrogen-bond acceptors (Lipinski definition) is 5. The summed E-state index contributed by atoms with van der Waals surface area (Å²) in [5.41, 5.74) is 1.47. The van der Waals surface area contributed by atoms with Gasteiger partial charge >= 0.3 is 0 Å². The molecule has 1 aromatic heterocycles. The average Bonchev–Trinajstić information content (AvgIpc) is 3.62. The highest BCUT2D eigenvalue weighted by Gasteiger charge is 2.72. The second kappa shape index (κ2) is 7.98. The molecule has 1 fully saturated rings. The van der Waals surface area contributed by atoms with Gasteiger partial charge in [-0.25, -0.2) is 0 Å². The van der Waals surface area contributed by atoms with E-state index in [-0.39, 0.29) is 17.3 Å². The van der Waals surface area contributed by atoms with Gasteiger partial charge in [0.25, 0.3) is 0 Å². The first kappa shape index (κ1) is 22.2. The fourth-order valence-corrected chi connectivity index (χ4v) is 6.88. The Morgan fingerprint density at radius 3 is 2.24 bits per heavy atom. The lowest BCUT2D eigenvalue weighted by atomic mass is 9.65. The van der Waals surface area contributed by atoms with Crippen molar-refractivity contribution in [2.45, 2.75) is 18.0 Å². The van der Waals surface area contributed by atoms with Gasteiger partial charge in [-0.3, -0.25) is 14.4 Å². The zero-order valence-corrected chi connectivity index (χ0v) is 21.1. The van der Waals surface area contributed by atoms with Gasteiger partial charge in [0.1, 0.15) is 17.2 Å². The molecule has 0 amide bonds. The summed E-state index contributed by atoms with van der Waals surface area (Å²) >= 11 is 3.54. The summed E-state index contributed by atoms with van der Waals surface area (Å²) in [5, 5.41) is 0. The van der Waals surface area contributed by atoms with Crippen molar-refractivity contribution in [3.63, 3.8) is 0 Å². The number of carbonyl (C=O) groups is 3. The lowest BCUT2D eigenvalue weighted by Crippen LogP contribution is -2.48. The van der Waals surface area contributed by atoms with E-state index >= 15 is 0 Å². The van der Waals surface area contributed by atoms with Crippen LogP contribution in [0.2, 0.25) is 0 Å². The fourth-order valence-electron chi connectivity index (χ4n) is 6.50. The number of Topliss-reactive ketones (excluding diaryl/α,β-unsaturated/α-hetero) is 3. The van der Waals surface area contributed by atoms with E-state index in [1.54, 1.807) is 48.5 Å². The Kier molecular flexibility index (Phi) is 4.79. The standard InChI is InChI=1S/C31H20BrNO4/c32-20-13-14-23-19(17-20)12-15-25-31(29(35)21-9-4-5-10-22(21)30(31)36)26(24-11-6-16-37-24)27(33(23)25)28(34)18-7-2-1-3-8-18/h1-17,25-27H/t25-,26+,27-/m0/s1. The molecule has 3 heterocycles. The van der Waals surface area contributed by atoms with Crippen LogP contribution in [-0.2, 0) is 0 Å². The molecule has 180 valence electrons. The van der Waals surface area contributed by atoms with Crippen LogP contribution in [0.4, 0.5) is 5.69 Å². The van der Waals surface area contributed by atoms with Gasteiger partial charge in [-0.15, -0.1) is 0 Å². The highest BCUT2D eigenvalue weighted by Crippen LogP contribution is 2.61. The Balaban J connectivity index is 1.55. The molecule has 7 rings (SSSR count). The number of fused-ring (bicyclic) bond motifs is 5. The number of benzene rings is 3. The number of rotatable bonds is 3. The minimum absolute atomic E-state index is 0.162. The number of nitrogens with zero attached hydrogens (tertiary/aromatic N) is 1. The summed E-state index contributed by atoms with van der Waals surface area (Å²) < 4.78 is 6.81. The number of anilines is 1. The van der Waals surface area contributed by atoms with Crippen molar-refractivity contribution in [2.75, 3.05) is 4.90 Å². The lowest BCUT2D eigenvalue weighted by molar-refractivity contribution is 0.0652. The quantitative estimate of drug-likeness (QED) is 0.220. The van der Waals surface area contributed by atoms with Crippen molar-refractivity contribution in [3.05, 3.63) is 130 Å². The van der Waals surface area contributed by atoms with E-state index in [0.29, 0.717) is 22.5 Å². The Labute approximate surface area is 221 Å². The molecule has 4 aromatic rings. The Hall–Kier alpha value is -4.03. The topological polar surface area (TPSA) is 67.6 Å². The van der Waals surface area contributed by atoms with Gasteiger partial charge in [0, 0.05) is 26.9 Å². The van der Waals surface area contributed by atoms with Crippen LogP contribution in [0.25, 0.3) is 6.08 Å². The summed E-state index contributed by atoms with van der Waals surface area (Å²) in [4.78, 5) is 45.2. The maximum absolute atomic E-state index is 14.4. The number of halogens is 1. The zero-order valence-electron chi connectivity index (χ0n) is 19.5. The third-order valence-electron chi connectivity index (χ3n) is 7.94. The third-order valence-corrected chi connectivity index (χ3v) is 8.44. The first-order valence-electron chi connectivity index (χ1n) is 12.1. The molecule has 37 heavy (non-hydrogen) atoms. The predicted octanol–water partition coefficient (Wildman–Crippen LogP) is 6.36. The smallest absolute Gasteiger partial charge is 0.186 e. The lowest BCUT2D eigenvalue weighted by Gasteiger charge is -2.37. The van der Waals surface area contributed by atoms with Crippen LogP contribution < -0.4 is 4.90 Å². The van der Waals surface area contributed by atoms with Crippen molar-refractivity contribution in [1.82, 2.24) is 0 Å². The summed E-state index contributed by atoms with van der Waals surface area (Å²) in [6.45, 7) is 0. The molecule has 5 nitrogen and oxygen atoms in total. The van der Waals surface area contributed by atoms with Gasteiger partial charge in [-0.05, 0) is 35.9 Å². The highest BCUT2D eigenvalue weighted by molar-refractivity contribution is 9.10. The normalized spacial score (nSPS) is 22.7. The molecule has 1 aliphatic carbocycles. The van der Waals surface area contributed by atoms with Gasteiger partial charge in [0.15, 0.2) is 17.3 Å². The van der Waals surface area contributed by atoms with Crippen LogP contribution in [0.5, 0.6) is 0 Å². The second-order valence-electron chi connectivity index (χ2n) is 9.66. The number of carbonyl (C=O) groups excluding carboxylic acids is 3. The molecular formula is C31H20BrNO4. The summed E-state index contributed by atoms with van der Waals surface area (Å²) in [6, 6.07) is 23.8. The third kappa shape index (κ3) is 2.87. The van der Waals surface area contributed by atoms with Gasteiger partial charge in [0.2, 0.25) is 0 Å². The largest absolute Gasteiger partial charge is 0.469 e. The minimum atomic E-state index is -1.54. The number of furan rings is 1. The van der Waals surface area contributed by atoms with Crippen LogP contribution in [-0.4, -0.2) is 29.4 Å². The predicted molar refractivity (Wildman–Crippen MR) is 143 cm³/mol. The van der Waals surface area contributed by atoms with E-state index in [9.17, 15) is 14.4 Å². The summed E-state index contributed by atoms with van der Waals surface area (Å²) in [6.07, 6.45) is 5.38. The van der Waals surface area contributed by atoms with Crippen molar-refractivity contribution in [2.24, 2.45) is 5.41 Å². The van der Waals surface area contributed by atoms with E-state index in [1.165, 1.54) is 6.26 Å². The second-order valence-corrected chi connectivity index (χ2v) is 10.6. The molecule has 0 bridgehead atoms. The molecule has 0 saturated carbocycles. The first-order valence-corrected chi connectivity index (χ1v) is 12.9. The molecule has 3 aromatic carbocycles. The monoisotopic (exact) mass is 549 g/mol. The van der Waals surface area contributed by atoms with Crippen LogP contribution in [0.15, 0.2) is 106 Å².